The largest absolute Gasteiger partial charge is 0.370 e. The van der Waals surface area contributed by atoms with Crippen molar-refractivity contribution in [3.63, 3.8) is 0 Å². The van der Waals surface area contributed by atoms with E-state index in [9.17, 15) is 4.79 Å². The molecular formula is C12H24N2O2. The van der Waals surface area contributed by atoms with Gasteiger partial charge in [-0.3, -0.25) is 4.79 Å². The molecule has 0 radical (unpaired) electrons. The molecule has 0 spiro atoms. The lowest BCUT2D eigenvalue weighted by atomic mass is 9.83. The lowest BCUT2D eigenvalue weighted by Crippen LogP contribution is -2.44. The predicted molar refractivity (Wildman–Crippen MR) is 64.1 cm³/mol. The van der Waals surface area contributed by atoms with E-state index < -0.39 is 6.10 Å². The second kappa shape index (κ2) is 6.21. The maximum Gasteiger partial charge on any atom is 0.250 e. The summed E-state index contributed by atoms with van der Waals surface area (Å²) in [6, 6.07) is 0. The zero-order valence-electron chi connectivity index (χ0n) is 10.4. The predicted octanol–water partition coefficient (Wildman–Crippen LogP) is 1.05. The third-order valence-corrected chi connectivity index (χ3v) is 3.84. The maximum atomic E-state index is 11.7. The van der Waals surface area contributed by atoms with Crippen molar-refractivity contribution in [2.75, 3.05) is 20.2 Å². The highest BCUT2D eigenvalue weighted by Gasteiger charge is 2.32. The molecule has 1 amide bonds. The Morgan fingerprint density at radius 1 is 1.50 bits per heavy atom. The van der Waals surface area contributed by atoms with Crippen LogP contribution in [0.25, 0.3) is 0 Å². The lowest BCUT2D eigenvalue weighted by Gasteiger charge is -2.28. The van der Waals surface area contributed by atoms with Crippen LogP contribution >= 0.6 is 0 Å². The minimum absolute atomic E-state index is 0.0790. The molecule has 4 nitrogen and oxygen atoms in total. The van der Waals surface area contributed by atoms with Gasteiger partial charge in [0.25, 0.3) is 0 Å². The Bertz CT molecular complexity index is 221. The summed E-state index contributed by atoms with van der Waals surface area (Å²) in [6.45, 7) is 3.21. The normalized spacial score (nSPS) is 20.7. The van der Waals surface area contributed by atoms with Crippen LogP contribution in [0.3, 0.4) is 0 Å². The van der Waals surface area contributed by atoms with Crippen molar-refractivity contribution in [3.05, 3.63) is 0 Å². The molecule has 16 heavy (non-hydrogen) atoms. The number of rotatable bonds is 6. The van der Waals surface area contributed by atoms with E-state index >= 15 is 0 Å². The lowest BCUT2D eigenvalue weighted by molar-refractivity contribution is -0.131. The Hall–Kier alpha value is -0.610. The molecule has 3 N–H and O–H groups in total. The van der Waals surface area contributed by atoms with Gasteiger partial charge in [-0.1, -0.05) is 19.8 Å². The van der Waals surface area contributed by atoms with Crippen molar-refractivity contribution < 1.29 is 9.53 Å². The molecule has 0 heterocycles. The molecule has 1 atom stereocenters. The Kier molecular flexibility index (Phi) is 5.22. The average molecular weight is 228 g/mol. The molecule has 1 rings (SSSR count). The SMILES string of the molecule is CCC1(CNC(=O)C(CN)OC)CCCC1. The topological polar surface area (TPSA) is 64.4 Å². The van der Waals surface area contributed by atoms with Crippen molar-refractivity contribution in [2.45, 2.75) is 45.1 Å². The van der Waals surface area contributed by atoms with Gasteiger partial charge >= 0.3 is 0 Å². The minimum Gasteiger partial charge on any atom is -0.370 e. The molecule has 4 heteroatoms. The standard InChI is InChI=1S/C12H24N2O2/c1-3-12(6-4-5-7-12)9-14-11(15)10(8-13)16-2/h10H,3-9,13H2,1-2H3,(H,14,15). The maximum absolute atomic E-state index is 11.7. The van der Waals surface area contributed by atoms with Gasteiger partial charge in [-0.05, 0) is 24.7 Å². The van der Waals surface area contributed by atoms with Crippen molar-refractivity contribution in [1.29, 1.82) is 0 Å². The van der Waals surface area contributed by atoms with Gasteiger partial charge < -0.3 is 15.8 Å². The van der Waals surface area contributed by atoms with Crippen LogP contribution in [0.2, 0.25) is 0 Å². The molecular weight excluding hydrogens is 204 g/mol. The Labute approximate surface area is 97.9 Å². The number of methoxy groups -OCH3 is 1. The fourth-order valence-electron chi connectivity index (χ4n) is 2.48. The molecule has 1 fully saturated rings. The molecule has 1 unspecified atom stereocenters. The average Bonchev–Trinajstić information content (AvgIpc) is 2.77. The zero-order valence-corrected chi connectivity index (χ0v) is 10.4. The van der Waals surface area contributed by atoms with Gasteiger partial charge in [0, 0.05) is 20.2 Å². The summed E-state index contributed by atoms with van der Waals surface area (Å²) in [4.78, 5) is 11.7. The summed E-state index contributed by atoms with van der Waals surface area (Å²) in [5.74, 6) is -0.0790. The van der Waals surface area contributed by atoms with Gasteiger partial charge in [-0.2, -0.15) is 0 Å². The first-order valence-electron chi connectivity index (χ1n) is 6.18. The Morgan fingerprint density at radius 3 is 2.56 bits per heavy atom. The first kappa shape index (κ1) is 13.5. The molecule has 0 aromatic carbocycles. The summed E-state index contributed by atoms with van der Waals surface area (Å²) in [7, 11) is 1.52. The number of hydrogen-bond donors (Lipinski definition) is 2. The molecule has 94 valence electrons. The van der Waals surface area contributed by atoms with E-state index in [1.807, 2.05) is 0 Å². The van der Waals surface area contributed by atoms with Crippen LogP contribution in [0, 0.1) is 5.41 Å². The van der Waals surface area contributed by atoms with E-state index in [4.69, 9.17) is 10.5 Å². The number of ether oxygens (including phenoxy) is 1. The second-order valence-corrected chi connectivity index (χ2v) is 4.74. The van der Waals surface area contributed by atoms with E-state index in [0.29, 0.717) is 5.41 Å². The fourth-order valence-corrected chi connectivity index (χ4v) is 2.48. The third kappa shape index (κ3) is 3.19. The second-order valence-electron chi connectivity index (χ2n) is 4.74. The van der Waals surface area contributed by atoms with Crippen LogP contribution in [-0.2, 0) is 9.53 Å². The van der Waals surface area contributed by atoms with E-state index in [-0.39, 0.29) is 12.5 Å². The van der Waals surface area contributed by atoms with Gasteiger partial charge in [0.15, 0.2) is 0 Å². The Morgan fingerprint density at radius 2 is 2.12 bits per heavy atom. The fraction of sp³-hybridized carbons (Fsp3) is 0.917. The van der Waals surface area contributed by atoms with Crippen LogP contribution in [0.5, 0.6) is 0 Å². The summed E-state index contributed by atoms with van der Waals surface area (Å²) < 4.78 is 5.01. The summed E-state index contributed by atoms with van der Waals surface area (Å²) in [5, 5.41) is 2.97. The third-order valence-electron chi connectivity index (χ3n) is 3.84. The van der Waals surface area contributed by atoms with E-state index in [2.05, 4.69) is 12.2 Å². The quantitative estimate of drug-likeness (QED) is 0.714. The molecule has 1 aliphatic rings. The molecule has 1 saturated carbocycles. The molecule has 0 bridgehead atoms. The molecule has 0 aromatic heterocycles. The number of hydrogen-bond acceptors (Lipinski definition) is 3. The van der Waals surface area contributed by atoms with Gasteiger partial charge in [-0.15, -0.1) is 0 Å². The number of nitrogens with one attached hydrogen (secondary N) is 1. The van der Waals surface area contributed by atoms with Crippen LogP contribution in [-0.4, -0.2) is 32.2 Å². The first-order valence-corrected chi connectivity index (χ1v) is 6.18. The monoisotopic (exact) mass is 228 g/mol. The summed E-state index contributed by atoms with van der Waals surface area (Å²) in [6.07, 6.45) is 5.65. The van der Waals surface area contributed by atoms with Crippen LogP contribution in [0.4, 0.5) is 0 Å². The van der Waals surface area contributed by atoms with Crippen molar-refractivity contribution >= 4 is 5.91 Å². The van der Waals surface area contributed by atoms with Crippen LogP contribution < -0.4 is 11.1 Å². The number of amides is 1. The Balaban J connectivity index is 2.40. The van der Waals surface area contributed by atoms with Crippen molar-refractivity contribution in [1.82, 2.24) is 5.32 Å². The van der Waals surface area contributed by atoms with Crippen molar-refractivity contribution in [2.24, 2.45) is 11.1 Å². The van der Waals surface area contributed by atoms with Crippen molar-refractivity contribution in [3.8, 4) is 0 Å². The molecule has 0 aliphatic heterocycles. The van der Waals surface area contributed by atoms with Gasteiger partial charge in [0.1, 0.15) is 6.10 Å². The number of carbonyl (C=O) groups excluding carboxylic acids is 1. The summed E-state index contributed by atoms with van der Waals surface area (Å²) >= 11 is 0. The highest BCUT2D eigenvalue weighted by Crippen LogP contribution is 2.40. The number of nitrogens with two attached hydrogens (primary N) is 1. The van der Waals surface area contributed by atoms with Crippen LogP contribution in [0.1, 0.15) is 39.0 Å². The van der Waals surface area contributed by atoms with E-state index in [1.165, 1.54) is 32.8 Å². The van der Waals surface area contributed by atoms with Crippen LogP contribution in [0.15, 0.2) is 0 Å². The highest BCUT2D eigenvalue weighted by atomic mass is 16.5. The van der Waals surface area contributed by atoms with E-state index in [0.717, 1.165) is 13.0 Å². The van der Waals surface area contributed by atoms with Gasteiger partial charge in [-0.25, -0.2) is 0 Å². The zero-order chi connectivity index (χ0) is 12.0. The molecule has 0 aromatic rings. The van der Waals surface area contributed by atoms with E-state index in [1.54, 1.807) is 0 Å². The van der Waals surface area contributed by atoms with Gasteiger partial charge in [0.05, 0.1) is 0 Å². The van der Waals surface area contributed by atoms with Gasteiger partial charge in [0.2, 0.25) is 5.91 Å². The smallest absolute Gasteiger partial charge is 0.250 e. The summed E-state index contributed by atoms with van der Waals surface area (Å²) in [5.41, 5.74) is 5.77. The number of carbonyl (C=O) groups is 1. The molecule has 1 aliphatic carbocycles. The minimum atomic E-state index is -0.504. The highest BCUT2D eigenvalue weighted by molar-refractivity contribution is 5.81. The molecule has 0 saturated heterocycles. The first-order chi connectivity index (χ1) is 7.67.